The first-order chi connectivity index (χ1) is 12.4. The van der Waals surface area contributed by atoms with Gasteiger partial charge in [0.15, 0.2) is 0 Å². The average Bonchev–Trinajstić information content (AvgIpc) is 2.59. The molecule has 4 heteroatoms. The molecular weight excluding hydrogens is 367 g/mol. The van der Waals surface area contributed by atoms with Gasteiger partial charge in [0, 0.05) is 38.6 Å². The highest BCUT2D eigenvalue weighted by atomic mass is 35.5. The molecule has 0 bridgehead atoms. The minimum atomic E-state index is -0.0270. The zero-order valence-electron chi connectivity index (χ0n) is 15.1. The largest absolute Gasteiger partial charge is 0.493 e. The third-order valence-corrected chi connectivity index (χ3v) is 6.12. The molecule has 2 aromatic rings. The maximum Gasteiger partial charge on any atom is 0.127 e. The Morgan fingerprint density at radius 2 is 1.96 bits per heavy atom. The first-order valence-corrected chi connectivity index (χ1v) is 9.71. The molecule has 2 nitrogen and oxygen atoms in total. The molecule has 0 saturated carbocycles. The van der Waals surface area contributed by atoms with Crippen molar-refractivity contribution in [2.24, 2.45) is 0 Å². The van der Waals surface area contributed by atoms with Crippen LogP contribution in [-0.4, -0.2) is 13.2 Å². The van der Waals surface area contributed by atoms with Crippen molar-refractivity contribution in [2.45, 2.75) is 38.5 Å². The van der Waals surface area contributed by atoms with E-state index in [0.29, 0.717) is 18.2 Å². The summed E-state index contributed by atoms with van der Waals surface area (Å²) in [6.45, 7) is 9.54. The molecule has 0 amide bonds. The van der Waals surface area contributed by atoms with Crippen LogP contribution >= 0.6 is 23.2 Å². The third-order valence-electron chi connectivity index (χ3n) is 5.45. The Kier molecular flexibility index (Phi) is 4.45. The summed E-state index contributed by atoms with van der Waals surface area (Å²) in [4.78, 5) is 0. The highest BCUT2D eigenvalue weighted by molar-refractivity contribution is 6.35. The maximum absolute atomic E-state index is 6.69. The van der Waals surface area contributed by atoms with Gasteiger partial charge in [-0.3, -0.25) is 0 Å². The molecule has 0 saturated heterocycles. The van der Waals surface area contributed by atoms with Gasteiger partial charge in [0.25, 0.3) is 0 Å². The molecule has 2 aliphatic rings. The predicted octanol–water partition coefficient (Wildman–Crippen LogP) is 6.60. The lowest BCUT2D eigenvalue weighted by atomic mass is 9.66. The van der Waals surface area contributed by atoms with Crippen molar-refractivity contribution >= 4 is 23.2 Å². The molecule has 1 heterocycles. The lowest BCUT2D eigenvalue weighted by Crippen LogP contribution is -2.35. The standard InChI is InChI=1S/C22H22Cl2O2/c1-13(2)8-10-25-17-6-4-15(23)14-12-22(3)9-11-26-18-7-5-16(24)20(19(14)17)21(18)22/h4-7H,1,8-12H2,2-3H3. The minimum Gasteiger partial charge on any atom is -0.493 e. The Hall–Kier alpha value is -1.64. The van der Waals surface area contributed by atoms with Crippen molar-refractivity contribution in [1.29, 1.82) is 0 Å². The zero-order chi connectivity index (χ0) is 18.5. The van der Waals surface area contributed by atoms with Crippen molar-refractivity contribution in [3.63, 3.8) is 0 Å². The molecule has 0 radical (unpaired) electrons. The number of halogens is 2. The van der Waals surface area contributed by atoms with Crippen molar-refractivity contribution in [3.05, 3.63) is 57.6 Å². The van der Waals surface area contributed by atoms with Gasteiger partial charge in [0.2, 0.25) is 0 Å². The first-order valence-electron chi connectivity index (χ1n) is 8.95. The number of rotatable bonds is 4. The predicted molar refractivity (Wildman–Crippen MR) is 108 cm³/mol. The van der Waals surface area contributed by atoms with Gasteiger partial charge in [0.1, 0.15) is 11.5 Å². The minimum absolute atomic E-state index is 0.0270. The van der Waals surface area contributed by atoms with Crippen molar-refractivity contribution < 1.29 is 9.47 Å². The van der Waals surface area contributed by atoms with E-state index in [4.69, 9.17) is 32.7 Å². The van der Waals surface area contributed by atoms with Crippen molar-refractivity contribution in [3.8, 4) is 22.6 Å². The number of hydrogen-bond donors (Lipinski definition) is 0. The summed E-state index contributed by atoms with van der Waals surface area (Å²) in [5, 5.41) is 1.49. The highest BCUT2D eigenvalue weighted by Crippen LogP contribution is 2.56. The molecular formula is C22H22Cl2O2. The Bertz CT molecular complexity index is 904. The van der Waals surface area contributed by atoms with Crippen LogP contribution in [0.15, 0.2) is 36.4 Å². The van der Waals surface area contributed by atoms with Gasteiger partial charge in [-0.15, -0.1) is 6.58 Å². The second kappa shape index (κ2) is 6.51. The van der Waals surface area contributed by atoms with Crippen molar-refractivity contribution in [2.75, 3.05) is 13.2 Å². The van der Waals surface area contributed by atoms with Gasteiger partial charge < -0.3 is 9.47 Å². The number of fused-ring (bicyclic) bond motifs is 2. The molecule has 26 heavy (non-hydrogen) atoms. The molecule has 136 valence electrons. The van der Waals surface area contributed by atoms with E-state index < -0.39 is 0 Å². The van der Waals surface area contributed by atoms with E-state index in [1.54, 1.807) is 0 Å². The van der Waals surface area contributed by atoms with E-state index in [0.717, 1.165) is 58.0 Å². The van der Waals surface area contributed by atoms with Crippen LogP contribution in [0.2, 0.25) is 10.0 Å². The van der Waals surface area contributed by atoms with Gasteiger partial charge in [-0.2, -0.15) is 0 Å². The summed E-state index contributed by atoms with van der Waals surface area (Å²) < 4.78 is 12.1. The van der Waals surface area contributed by atoms with E-state index in [-0.39, 0.29) is 5.41 Å². The van der Waals surface area contributed by atoms with Crippen LogP contribution < -0.4 is 9.47 Å². The third kappa shape index (κ3) is 2.80. The van der Waals surface area contributed by atoms with Gasteiger partial charge >= 0.3 is 0 Å². The number of benzene rings is 2. The zero-order valence-corrected chi connectivity index (χ0v) is 16.6. The summed E-state index contributed by atoms with van der Waals surface area (Å²) in [5.74, 6) is 1.75. The fourth-order valence-corrected chi connectivity index (χ4v) is 4.58. The molecule has 1 unspecified atom stereocenters. The Balaban J connectivity index is 1.92. The second-order valence-electron chi connectivity index (χ2n) is 7.59. The molecule has 0 fully saturated rings. The van der Waals surface area contributed by atoms with Crippen LogP contribution in [-0.2, 0) is 11.8 Å². The van der Waals surface area contributed by atoms with Crippen molar-refractivity contribution in [1.82, 2.24) is 0 Å². The lowest BCUT2D eigenvalue weighted by molar-refractivity contribution is 0.222. The van der Waals surface area contributed by atoms with E-state index in [1.807, 2.05) is 31.2 Å². The van der Waals surface area contributed by atoms with Gasteiger partial charge in [-0.25, -0.2) is 0 Å². The molecule has 0 aromatic heterocycles. The Morgan fingerprint density at radius 1 is 1.19 bits per heavy atom. The van der Waals surface area contributed by atoms with Crippen LogP contribution in [0.1, 0.15) is 37.8 Å². The average molecular weight is 389 g/mol. The van der Waals surface area contributed by atoms with E-state index in [2.05, 4.69) is 13.5 Å². The summed E-state index contributed by atoms with van der Waals surface area (Å²) in [7, 11) is 0. The maximum atomic E-state index is 6.69. The van der Waals surface area contributed by atoms with Crippen LogP contribution in [0.25, 0.3) is 11.1 Å². The van der Waals surface area contributed by atoms with Gasteiger partial charge in [0.05, 0.1) is 13.2 Å². The van der Waals surface area contributed by atoms with Gasteiger partial charge in [-0.1, -0.05) is 35.7 Å². The molecule has 0 N–H and O–H groups in total. The van der Waals surface area contributed by atoms with Crippen LogP contribution in [0.5, 0.6) is 11.5 Å². The Labute approximate surface area is 164 Å². The molecule has 0 spiro atoms. The first kappa shape index (κ1) is 17.8. The number of ether oxygens (including phenoxy) is 2. The van der Waals surface area contributed by atoms with E-state index in [1.165, 1.54) is 5.56 Å². The summed E-state index contributed by atoms with van der Waals surface area (Å²) in [6, 6.07) is 7.77. The van der Waals surface area contributed by atoms with Crippen LogP contribution in [0, 0.1) is 0 Å². The Morgan fingerprint density at radius 3 is 2.73 bits per heavy atom. The number of hydrogen-bond acceptors (Lipinski definition) is 2. The second-order valence-corrected chi connectivity index (χ2v) is 8.40. The summed E-state index contributed by atoms with van der Waals surface area (Å²) in [6.07, 6.45) is 2.63. The summed E-state index contributed by atoms with van der Waals surface area (Å²) >= 11 is 13.3. The molecule has 1 aliphatic heterocycles. The van der Waals surface area contributed by atoms with E-state index in [9.17, 15) is 0 Å². The SMILES string of the molecule is C=C(C)CCOc1ccc(Cl)c2c1-c1c(Cl)ccc3c1C(C)(CCO3)C2. The normalized spacial score (nSPS) is 20.0. The van der Waals surface area contributed by atoms with Crippen LogP contribution in [0.4, 0.5) is 0 Å². The monoisotopic (exact) mass is 388 g/mol. The molecule has 4 rings (SSSR count). The summed E-state index contributed by atoms with van der Waals surface area (Å²) in [5.41, 5.74) is 5.42. The molecule has 2 aromatic carbocycles. The molecule has 1 aliphatic carbocycles. The quantitative estimate of drug-likeness (QED) is 0.549. The smallest absolute Gasteiger partial charge is 0.127 e. The van der Waals surface area contributed by atoms with E-state index >= 15 is 0 Å². The fourth-order valence-electron chi connectivity index (χ4n) is 4.10. The van der Waals surface area contributed by atoms with Gasteiger partial charge in [-0.05, 0) is 49.6 Å². The van der Waals surface area contributed by atoms with Crippen LogP contribution in [0.3, 0.4) is 0 Å². The molecule has 1 atom stereocenters. The lowest BCUT2D eigenvalue weighted by Gasteiger charge is -2.42. The topological polar surface area (TPSA) is 18.5 Å². The fraction of sp³-hybridized carbons (Fsp3) is 0.364. The highest BCUT2D eigenvalue weighted by Gasteiger charge is 2.42.